The first-order valence-electron chi connectivity index (χ1n) is 8.16. The second-order valence-corrected chi connectivity index (χ2v) is 6.07. The van der Waals surface area contributed by atoms with Gasteiger partial charge in [0, 0.05) is 16.6 Å². The van der Waals surface area contributed by atoms with Crippen LogP contribution in [0.25, 0.3) is 10.9 Å². The van der Waals surface area contributed by atoms with E-state index in [0.717, 1.165) is 18.6 Å². The van der Waals surface area contributed by atoms with Gasteiger partial charge in [0.15, 0.2) is 0 Å². The van der Waals surface area contributed by atoms with Gasteiger partial charge in [-0.1, -0.05) is 30.3 Å². The molecule has 112 valence electrons. The molecule has 0 saturated carbocycles. The minimum Gasteiger partial charge on any atom is -0.494 e. The largest absolute Gasteiger partial charge is 0.494 e. The molecule has 1 aromatic heterocycles. The van der Waals surface area contributed by atoms with Crippen LogP contribution >= 0.6 is 0 Å². The Hall–Kier alpha value is -2.22. The van der Waals surface area contributed by atoms with Crippen LogP contribution in [0.15, 0.2) is 48.5 Å². The first-order valence-corrected chi connectivity index (χ1v) is 8.16. The van der Waals surface area contributed by atoms with Gasteiger partial charge in [-0.3, -0.25) is 0 Å². The molecule has 4 rings (SSSR count). The third-order valence-corrected chi connectivity index (χ3v) is 4.74. The number of hydrogen-bond donors (Lipinski definition) is 1. The Kier molecular flexibility index (Phi) is 3.38. The molecule has 0 amide bonds. The number of H-pyrrole nitrogens is 1. The quantitative estimate of drug-likeness (QED) is 0.734. The summed E-state index contributed by atoms with van der Waals surface area (Å²) in [6.07, 6.45) is 3.48. The predicted molar refractivity (Wildman–Crippen MR) is 90.7 cm³/mol. The van der Waals surface area contributed by atoms with Gasteiger partial charge in [0.2, 0.25) is 0 Å². The highest BCUT2D eigenvalue weighted by molar-refractivity contribution is 5.86. The number of aromatic nitrogens is 1. The maximum atomic E-state index is 5.67. The van der Waals surface area contributed by atoms with Crippen molar-refractivity contribution < 1.29 is 4.74 Å². The summed E-state index contributed by atoms with van der Waals surface area (Å²) in [6.45, 7) is 2.74. The molecular formula is C20H21NO. The van der Waals surface area contributed by atoms with Crippen molar-refractivity contribution in [3.63, 3.8) is 0 Å². The summed E-state index contributed by atoms with van der Waals surface area (Å²) in [5.74, 6) is 1.60. The highest BCUT2D eigenvalue weighted by atomic mass is 16.5. The second kappa shape index (κ2) is 5.53. The molecule has 1 aliphatic carbocycles. The minimum atomic E-state index is 0.628. The summed E-state index contributed by atoms with van der Waals surface area (Å²) >= 11 is 0. The molecule has 1 aliphatic rings. The summed E-state index contributed by atoms with van der Waals surface area (Å²) < 4.78 is 5.67. The zero-order valence-corrected chi connectivity index (χ0v) is 12.9. The number of ether oxygens (including phenoxy) is 1. The van der Waals surface area contributed by atoms with Gasteiger partial charge in [-0.15, -0.1) is 0 Å². The first-order chi connectivity index (χ1) is 10.8. The lowest BCUT2D eigenvalue weighted by Gasteiger charge is -2.23. The van der Waals surface area contributed by atoms with E-state index in [9.17, 15) is 0 Å². The molecule has 2 aromatic carbocycles. The van der Waals surface area contributed by atoms with Crippen molar-refractivity contribution in [2.75, 3.05) is 6.61 Å². The van der Waals surface area contributed by atoms with Crippen molar-refractivity contribution in [2.45, 2.75) is 32.1 Å². The summed E-state index contributed by atoms with van der Waals surface area (Å²) in [5, 5.41) is 1.33. The van der Waals surface area contributed by atoms with Crippen LogP contribution in [0.5, 0.6) is 5.75 Å². The highest BCUT2D eigenvalue weighted by Crippen LogP contribution is 2.37. The molecular weight excluding hydrogens is 270 g/mol. The number of benzene rings is 2. The van der Waals surface area contributed by atoms with E-state index in [1.165, 1.54) is 34.1 Å². The van der Waals surface area contributed by atoms with Gasteiger partial charge >= 0.3 is 0 Å². The average molecular weight is 291 g/mol. The van der Waals surface area contributed by atoms with E-state index in [1.807, 2.05) is 6.92 Å². The van der Waals surface area contributed by atoms with Crippen molar-refractivity contribution >= 4 is 10.9 Å². The van der Waals surface area contributed by atoms with Crippen molar-refractivity contribution in [1.82, 2.24) is 4.98 Å². The van der Waals surface area contributed by atoms with E-state index in [0.29, 0.717) is 12.5 Å². The SMILES string of the molecule is CCOc1ccc2[nH]c3c(c2c1)CC(c1ccccc1)CC3. The lowest BCUT2D eigenvalue weighted by molar-refractivity contribution is 0.340. The second-order valence-electron chi connectivity index (χ2n) is 6.07. The van der Waals surface area contributed by atoms with Crippen molar-refractivity contribution in [2.24, 2.45) is 0 Å². The lowest BCUT2D eigenvalue weighted by Crippen LogP contribution is -2.11. The Labute approximate surface area is 131 Å². The lowest BCUT2D eigenvalue weighted by atomic mass is 9.82. The van der Waals surface area contributed by atoms with Gasteiger partial charge in [0.05, 0.1) is 6.61 Å². The fourth-order valence-electron chi connectivity index (χ4n) is 3.66. The minimum absolute atomic E-state index is 0.628. The molecule has 0 spiro atoms. The molecule has 1 heterocycles. The zero-order valence-electron chi connectivity index (χ0n) is 12.9. The third-order valence-electron chi connectivity index (χ3n) is 4.74. The highest BCUT2D eigenvalue weighted by Gasteiger charge is 2.23. The molecule has 22 heavy (non-hydrogen) atoms. The molecule has 0 saturated heterocycles. The van der Waals surface area contributed by atoms with Gasteiger partial charge in [-0.05, 0) is 61.4 Å². The number of aryl methyl sites for hydroxylation is 1. The molecule has 0 bridgehead atoms. The maximum Gasteiger partial charge on any atom is 0.120 e. The van der Waals surface area contributed by atoms with Crippen LogP contribution in [0.3, 0.4) is 0 Å². The standard InChI is InChI=1S/C20H21NO/c1-2-22-16-9-11-20-18(13-16)17-12-15(8-10-19(17)21-20)14-6-4-3-5-7-14/h3-7,9,11,13,15,21H,2,8,10,12H2,1H3. The normalized spacial score (nSPS) is 17.4. The number of fused-ring (bicyclic) bond motifs is 3. The summed E-state index contributed by atoms with van der Waals surface area (Å²) in [6, 6.07) is 17.3. The fraction of sp³-hybridized carbons (Fsp3) is 0.300. The van der Waals surface area contributed by atoms with Crippen LogP contribution in [0.4, 0.5) is 0 Å². The van der Waals surface area contributed by atoms with Crippen molar-refractivity contribution in [1.29, 1.82) is 0 Å². The number of nitrogens with one attached hydrogen (secondary N) is 1. The van der Waals surface area contributed by atoms with Crippen LogP contribution in [-0.2, 0) is 12.8 Å². The van der Waals surface area contributed by atoms with E-state index >= 15 is 0 Å². The summed E-state index contributed by atoms with van der Waals surface area (Å²) in [7, 11) is 0. The summed E-state index contributed by atoms with van der Waals surface area (Å²) in [4.78, 5) is 3.60. The molecule has 1 atom stereocenters. The zero-order chi connectivity index (χ0) is 14.9. The Morgan fingerprint density at radius 3 is 2.82 bits per heavy atom. The number of aromatic amines is 1. The molecule has 1 N–H and O–H groups in total. The van der Waals surface area contributed by atoms with Crippen LogP contribution in [0.2, 0.25) is 0 Å². The van der Waals surface area contributed by atoms with Crippen LogP contribution in [0.1, 0.15) is 36.1 Å². The van der Waals surface area contributed by atoms with E-state index in [-0.39, 0.29) is 0 Å². The first kappa shape index (κ1) is 13.4. The topological polar surface area (TPSA) is 25.0 Å². The summed E-state index contributed by atoms with van der Waals surface area (Å²) in [5.41, 5.74) is 5.60. The van der Waals surface area contributed by atoms with E-state index in [1.54, 1.807) is 0 Å². The van der Waals surface area contributed by atoms with Gasteiger partial charge in [0.25, 0.3) is 0 Å². The van der Waals surface area contributed by atoms with Gasteiger partial charge in [-0.25, -0.2) is 0 Å². The smallest absolute Gasteiger partial charge is 0.120 e. The molecule has 2 nitrogen and oxygen atoms in total. The predicted octanol–water partition coefficient (Wildman–Crippen LogP) is 4.84. The van der Waals surface area contributed by atoms with E-state index in [4.69, 9.17) is 4.74 Å². The number of hydrogen-bond acceptors (Lipinski definition) is 1. The molecule has 1 unspecified atom stereocenters. The Morgan fingerprint density at radius 1 is 1.14 bits per heavy atom. The molecule has 0 aliphatic heterocycles. The van der Waals surface area contributed by atoms with E-state index < -0.39 is 0 Å². The van der Waals surface area contributed by atoms with Crippen molar-refractivity contribution in [3.8, 4) is 5.75 Å². The van der Waals surface area contributed by atoms with Crippen LogP contribution < -0.4 is 4.74 Å². The number of rotatable bonds is 3. The molecule has 2 heteroatoms. The maximum absolute atomic E-state index is 5.67. The fourth-order valence-corrected chi connectivity index (χ4v) is 3.66. The van der Waals surface area contributed by atoms with Gasteiger partial charge in [-0.2, -0.15) is 0 Å². The Balaban J connectivity index is 1.73. The molecule has 0 radical (unpaired) electrons. The average Bonchev–Trinajstić information content (AvgIpc) is 2.93. The molecule has 0 fully saturated rings. The molecule has 3 aromatic rings. The van der Waals surface area contributed by atoms with Gasteiger partial charge < -0.3 is 9.72 Å². The van der Waals surface area contributed by atoms with Crippen LogP contribution in [-0.4, -0.2) is 11.6 Å². The third kappa shape index (κ3) is 2.29. The monoisotopic (exact) mass is 291 g/mol. The Bertz CT molecular complexity index is 788. The van der Waals surface area contributed by atoms with Crippen LogP contribution in [0, 0.1) is 0 Å². The Morgan fingerprint density at radius 2 is 2.00 bits per heavy atom. The van der Waals surface area contributed by atoms with Gasteiger partial charge in [0.1, 0.15) is 5.75 Å². The van der Waals surface area contributed by atoms with E-state index in [2.05, 4.69) is 53.5 Å². The van der Waals surface area contributed by atoms with Crippen molar-refractivity contribution in [3.05, 3.63) is 65.4 Å².